The van der Waals surface area contributed by atoms with Crippen molar-refractivity contribution in [3.8, 4) is 11.8 Å². The molecule has 0 radical (unpaired) electrons. The van der Waals surface area contributed by atoms with Crippen molar-refractivity contribution in [2.24, 2.45) is 0 Å². The number of carbonyl (C=O) groups excluding carboxylic acids is 1. The summed E-state index contributed by atoms with van der Waals surface area (Å²) in [5.74, 6) is 0.216. The summed E-state index contributed by atoms with van der Waals surface area (Å²) in [7, 11) is 1.51. The number of hydrogen-bond acceptors (Lipinski definition) is 4. The number of methoxy groups -OCH3 is 1. The highest BCUT2D eigenvalue weighted by molar-refractivity contribution is 5.83. The first-order valence-electron chi connectivity index (χ1n) is 6.29. The van der Waals surface area contributed by atoms with Gasteiger partial charge in [-0.1, -0.05) is 13.0 Å². The van der Waals surface area contributed by atoms with Crippen molar-refractivity contribution in [1.29, 1.82) is 5.26 Å². The predicted molar refractivity (Wildman–Crippen MR) is 72.0 cm³/mol. The van der Waals surface area contributed by atoms with Gasteiger partial charge in [-0.15, -0.1) is 0 Å². The highest BCUT2D eigenvalue weighted by Gasteiger charge is 2.35. The molecule has 0 bridgehead atoms. The number of nitriles is 1. The normalized spacial score (nSPS) is 13.2. The Hall–Kier alpha value is -2.02. The molecule has 1 aromatic rings. The van der Waals surface area contributed by atoms with Crippen LogP contribution in [0.2, 0.25) is 0 Å². The highest BCUT2D eigenvalue weighted by atomic mass is 16.5. The molecule has 0 aliphatic heterocycles. The molecule has 0 amide bonds. The minimum Gasteiger partial charge on any atom is -0.495 e. The van der Waals surface area contributed by atoms with Crippen LogP contribution < -0.4 is 4.74 Å². The minimum atomic E-state index is -0.725. The van der Waals surface area contributed by atoms with Gasteiger partial charge in [0.15, 0.2) is 0 Å². The Morgan fingerprint density at radius 1 is 1.42 bits per heavy atom. The van der Waals surface area contributed by atoms with Gasteiger partial charge in [0.25, 0.3) is 0 Å². The Balaban J connectivity index is 3.26. The van der Waals surface area contributed by atoms with Crippen molar-refractivity contribution in [3.05, 3.63) is 29.3 Å². The maximum absolute atomic E-state index is 12.1. The third-order valence-corrected chi connectivity index (χ3v) is 3.39. The van der Waals surface area contributed by atoms with Crippen LogP contribution in [0.1, 0.15) is 38.3 Å². The number of hydrogen-bond donors (Lipinski definition) is 0. The Labute approximate surface area is 113 Å². The monoisotopic (exact) mass is 261 g/mol. The summed E-state index contributed by atoms with van der Waals surface area (Å²) in [6.45, 7) is 5.91. The summed E-state index contributed by atoms with van der Waals surface area (Å²) in [5.41, 5.74) is 0.523. The van der Waals surface area contributed by atoms with E-state index < -0.39 is 5.41 Å². The number of nitrogens with zero attached hydrogens (tertiary/aromatic N) is 1. The van der Waals surface area contributed by atoms with E-state index in [-0.39, 0.29) is 5.97 Å². The second-order valence-corrected chi connectivity index (χ2v) is 4.43. The molecule has 1 atom stereocenters. The molecule has 1 rings (SSSR count). The molecule has 102 valence electrons. The zero-order valence-corrected chi connectivity index (χ0v) is 11.8. The number of ether oxygens (including phenoxy) is 2. The van der Waals surface area contributed by atoms with E-state index in [0.29, 0.717) is 24.3 Å². The minimum absolute atomic E-state index is 0.260. The molecular formula is C15H19NO3. The van der Waals surface area contributed by atoms with E-state index in [1.807, 2.05) is 13.8 Å². The van der Waals surface area contributed by atoms with Crippen LogP contribution in [-0.4, -0.2) is 19.7 Å². The van der Waals surface area contributed by atoms with Gasteiger partial charge in [0.1, 0.15) is 11.8 Å². The second-order valence-electron chi connectivity index (χ2n) is 4.43. The molecule has 0 saturated carbocycles. The van der Waals surface area contributed by atoms with Crippen LogP contribution in [0.25, 0.3) is 0 Å². The first-order chi connectivity index (χ1) is 9.03. The molecule has 0 fully saturated rings. The van der Waals surface area contributed by atoms with E-state index >= 15 is 0 Å². The average molecular weight is 261 g/mol. The molecule has 0 heterocycles. The lowest BCUT2D eigenvalue weighted by atomic mass is 9.79. The van der Waals surface area contributed by atoms with Crippen molar-refractivity contribution in [1.82, 2.24) is 0 Å². The van der Waals surface area contributed by atoms with Gasteiger partial charge in [-0.3, -0.25) is 4.79 Å². The van der Waals surface area contributed by atoms with E-state index in [9.17, 15) is 4.79 Å². The fourth-order valence-corrected chi connectivity index (χ4v) is 1.88. The van der Waals surface area contributed by atoms with Gasteiger partial charge in [-0.2, -0.15) is 5.26 Å². The smallest absolute Gasteiger partial charge is 0.316 e. The quantitative estimate of drug-likeness (QED) is 0.765. The van der Waals surface area contributed by atoms with E-state index in [1.54, 1.807) is 25.1 Å². The predicted octanol–water partition coefficient (Wildman–Crippen LogP) is 2.80. The van der Waals surface area contributed by atoms with E-state index in [2.05, 4.69) is 6.07 Å². The molecule has 0 spiro atoms. The lowest BCUT2D eigenvalue weighted by molar-refractivity contribution is -0.149. The van der Waals surface area contributed by atoms with Gasteiger partial charge in [-0.05, 0) is 38.0 Å². The summed E-state index contributed by atoms with van der Waals surface area (Å²) in [6, 6.07) is 7.24. The zero-order chi connectivity index (χ0) is 14.5. The van der Waals surface area contributed by atoms with Gasteiger partial charge in [-0.25, -0.2) is 0 Å². The van der Waals surface area contributed by atoms with Crippen molar-refractivity contribution < 1.29 is 14.3 Å². The Kier molecular flexibility index (Phi) is 4.94. The maximum Gasteiger partial charge on any atom is 0.316 e. The first-order valence-corrected chi connectivity index (χ1v) is 6.29. The van der Waals surface area contributed by atoms with Crippen molar-refractivity contribution in [2.45, 2.75) is 32.6 Å². The Bertz CT molecular complexity index is 505. The van der Waals surface area contributed by atoms with Gasteiger partial charge in [0, 0.05) is 0 Å². The summed E-state index contributed by atoms with van der Waals surface area (Å²) >= 11 is 0. The standard InChI is InChI=1S/C15H19NO3/c1-5-15(3,14(17)19-6-2)12-8-7-11(10-16)13(9-12)18-4/h7-9H,5-6H2,1-4H3. The topological polar surface area (TPSA) is 59.3 Å². The van der Waals surface area contributed by atoms with Crippen LogP contribution in [0.3, 0.4) is 0 Å². The molecule has 0 aliphatic carbocycles. The summed E-state index contributed by atoms with van der Waals surface area (Å²) in [6.07, 6.45) is 0.612. The largest absolute Gasteiger partial charge is 0.495 e. The molecule has 4 nitrogen and oxygen atoms in total. The van der Waals surface area contributed by atoms with Crippen LogP contribution >= 0.6 is 0 Å². The van der Waals surface area contributed by atoms with Crippen LogP contribution in [-0.2, 0) is 14.9 Å². The molecular weight excluding hydrogens is 242 g/mol. The second kappa shape index (κ2) is 6.24. The fraction of sp³-hybridized carbons (Fsp3) is 0.467. The number of carbonyl (C=O) groups is 1. The van der Waals surface area contributed by atoms with Crippen LogP contribution in [0, 0.1) is 11.3 Å². The van der Waals surface area contributed by atoms with Gasteiger partial charge < -0.3 is 9.47 Å². The Morgan fingerprint density at radius 3 is 2.58 bits per heavy atom. The molecule has 0 aromatic heterocycles. The van der Waals surface area contributed by atoms with Crippen LogP contribution in [0.5, 0.6) is 5.75 Å². The molecule has 1 unspecified atom stereocenters. The van der Waals surface area contributed by atoms with Crippen LogP contribution in [0.15, 0.2) is 18.2 Å². The van der Waals surface area contributed by atoms with Crippen molar-refractivity contribution >= 4 is 5.97 Å². The summed E-state index contributed by atoms with van der Waals surface area (Å²) in [5, 5.41) is 8.97. The van der Waals surface area contributed by atoms with Crippen LogP contribution in [0.4, 0.5) is 0 Å². The summed E-state index contributed by atoms with van der Waals surface area (Å²) < 4.78 is 10.3. The van der Waals surface area contributed by atoms with Gasteiger partial charge in [0.2, 0.25) is 0 Å². The third-order valence-electron chi connectivity index (χ3n) is 3.39. The van der Waals surface area contributed by atoms with E-state index in [0.717, 1.165) is 5.56 Å². The molecule has 0 saturated heterocycles. The zero-order valence-electron chi connectivity index (χ0n) is 11.8. The van der Waals surface area contributed by atoms with Gasteiger partial charge in [0.05, 0.1) is 24.7 Å². The van der Waals surface area contributed by atoms with Crippen molar-refractivity contribution in [2.75, 3.05) is 13.7 Å². The molecule has 19 heavy (non-hydrogen) atoms. The molecule has 0 N–H and O–H groups in total. The first kappa shape index (κ1) is 15.0. The number of benzene rings is 1. The molecule has 1 aromatic carbocycles. The molecule has 4 heteroatoms. The fourth-order valence-electron chi connectivity index (χ4n) is 1.88. The lowest BCUT2D eigenvalue weighted by Crippen LogP contribution is -2.33. The lowest BCUT2D eigenvalue weighted by Gasteiger charge is -2.26. The average Bonchev–Trinajstić information content (AvgIpc) is 2.45. The highest BCUT2D eigenvalue weighted by Crippen LogP contribution is 2.32. The maximum atomic E-state index is 12.1. The number of esters is 1. The summed E-state index contributed by atoms with van der Waals surface area (Å²) in [4.78, 5) is 12.1. The van der Waals surface area contributed by atoms with Crippen molar-refractivity contribution in [3.63, 3.8) is 0 Å². The van der Waals surface area contributed by atoms with E-state index in [1.165, 1.54) is 7.11 Å². The Morgan fingerprint density at radius 2 is 2.11 bits per heavy atom. The van der Waals surface area contributed by atoms with Gasteiger partial charge >= 0.3 is 5.97 Å². The number of rotatable bonds is 5. The SMILES string of the molecule is CCOC(=O)C(C)(CC)c1ccc(C#N)c(OC)c1. The third kappa shape index (κ3) is 2.87. The molecule has 0 aliphatic rings. The van der Waals surface area contributed by atoms with E-state index in [4.69, 9.17) is 14.7 Å².